The monoisotopic (exact) mass is 427 g/mol. The third kappa shape index (κ3) is 6.88. The molecular formula is C20H24N3O2Y-. The van der Waals surface area contributed by atoms with Crippen molar-refractivity contribution in [2.75, 3.05) is 19.8 Å². The van der Waals surface area contributed by atoms with Crippen molar-refractivity contribution in [3.8, 4) is 6.07 Å². The first-order chi connectivity index (χ1) is 12.2. The molecule has 0 aliphatic carbocycles. The van der Waals surface area contributed by atoms with E-state index in [0.717, 1.165) is 13.0 Å². The fraction of sp³-hybridized carbons (Fsp3) is 0.350. The van der Waals surface area contributed by atoms with E-state index in [1.165, 1.54) is 16.7 Å². The molecule has 0 fully saturated rings. The van der Waals surface area contributed by atoms with E-state index < -0.39 is 0 Å². The van der Waals surface area contributed by atoms with Crippen LogP contribution in [-0.2, 0) is 39.1 Å². The van der Waals surface area contributed by atoms with Gasteiger partial charge in [-0.1, -0.05) is 53.6 Å². The van der Waals surface area contributed by atoms with Crippen LogP contribution in [0, 0.1) is 11.3 Å². The zero-order chi connectivity index (χ0) is 18.1. The van der Waals surface area contributed by atoms with Gasteiger partial charge in [0.2, 0.25) is 0 Å². The van der Waals surface area contributed by atoms with Crippen molar-refractivity contribution < 1.29 is 42.9 Å². The second-order valence-corrected chi connectivity index (χ2v) is 5.95. The molecule has 6 heteroatoms. The van der Waals surface area contributed by atoms with Gasteiger partial charge in [-0.05, 0) is 31.0 Å². The second-order valence-electron chi connectivity index (χ2n) is 5.95. The summed E-state index contributed by atoms with van der Waals surface area (Å²) >= 11 is 0. The summed E-state index contributed by atoms with van der Waals surface area (Å²) < 4.78 is 0. The molecule has 135 valence electrons. The maximum atomic E-state index is 8.82. The molecule has 2 unspecified atom stereocenters. The van der Waals surface area contributed by atoms with Crippen LogP contribution in [0.5, 0.6) is 0 Å². The number of aliphatic hydroxyl groups excluding tert-OH is 2. The summed E-state index contributed by atoms with van der Waals surface area (Å²) in [5.74, 6) is 0. The van der Waals surface area contributed by atoms with Crippen LogP contribution in [0.25, 0.3) is 5.32 Å². The van der Waals surface area contributed by atoms with E-state index >= 15 is 0 Å². The Morgan fingerprint density at radius 2 is 1.92 bits per heavy atom. The van der Waals surface area contributed by atoms with Gasteiger partial charge in [0, 0.05) is 39.3 Å². The van der Waals surface area contributed by atoms with Crippen LogP contribution in [0.15, 0.2) is 48.5 Å². The van der Waals surface area contributed by atoms with E-state index in [4.69, 9.17) is 20.8 Å². The summed E-state index contributed by atoms with van der Waals surface area (Å²) in [6.45, 7) is 2.92. The van der Waals surface area contributed by atoms with E-state index in [1.807, 2.05) is 24.3 Å². The van der Waals surface area contributed by atoms with Crippen LogP contribution in [0.1, 0.15) is 35.2 Å². The summed E-state index contributed by atoms with van der Waals surface area (Å²) in [5, 5.41) is 32.7. The number of fused-ring (bicyclic) bond motifs is 1. The fourth-order valence-electron chi connectivity index (χ4n) is 2.74. The van der Waals surface area contributed by atoms with Crippen LogP contribution < -0.4 is 5.32 Å². The van der Waals surface area contributed by atoms with E-state index in [9.17, 15) is 0 Å². The van der Waals surface area contributed by atoms with Gasteiger partial charge in [0.25, 0.3) is 0 Å². The van der Waals surface area contributed by atoms with Gasteiger partial charge in [-0.3, -0.25) is 5.32 Å². The van der Waals surface area contributed by atoms with Gasteiger partial charge < -0.3 is 15.5 Å². The Labute approximate surface area is 180 Å². The molecule has 0 spiro atoms. The number of nitrogens with zero attached hydrogens (tertiary/aromatic N) is 2. The van der Waals surface area contributed by atoms with E-state index in [1.54, 1.807) is 6.92 Å². The number of rotatable bonds is 4. The Kier molecular flexibility index (Phi) is 10.8. The van der Waals surface area contributed by atoms with Crippen molar-refractivity contribution in [1.29, 1.82) is 5.26 Å². The smallest absolute Gasteiger partial charge is 0.0991 e. The number of hydrogen-bond donors (Lipinski definition) is 3. The normalized spacial score (nSPS) is 16.2. The molecule has 0 bridgehead atoms. The molecule has 26 heavy (non-hydrogen) atoms. The molecule has 0 saturated heterocycles. The average Bonchev–Trinajstić information content (AvgIpc) is 2.66. The van der Waals surface area contributed by atoms with Gasteiger partial charge in [0.15, 0.2) is 0 Å². The first-order valence-corrected chi connectivity index (χ1v) is 8.39. The van der Waals surface area contributed by atoms with Gasteiger partial charge in [-0.2, -0.15) is 5.26 Å². The third-order valence-electron chi connectivity index (χ3n) is 3.95. The summed E-state index contributed by atoms with van der Waals surface area (Å²) in [6.07, 6.45) is 0.662. The van der Waals surface area contributed by atoms with Crippen molar-refractivity contribution in [1.82, 2.24) is 5.32 Å². The van der Waals surface area contributed by atoms with Gasteiger partial charge in [0.05, 0.1) is 24.5 Å². The van der Waals surface area contributed by atoms with E-state index in [-0.39, 0.29) is 51.6 Å². The van der Waals surface area contributed by atoms with Crippen LogP contribution in [-0.4, -0.2) is 36.1 Å². The van der Waals surface area contributed by atoms with E-state index in [0.29, 0.717) is 12.1 Å². The van der Waals surface area contributed by atoms with Crippen LogP contribution in [0.3, 0.4) is 0 Å². The largest absolute Gasteiger partial charge is 0.652 e. The standard InChI is InChI=1S/C16H13N2.C4H11NO2.Y/c17-11-12-5-7-14(8-6-12)16-15-4-2-1-3-13(15)9-10-18-16;1-4(7)2-5-3-6;/h1-8,16H,9-10H2;4-7H,2-3H2,1H3;/q-1;;. The Hall–Kier alpha value is -1.13. The maximum absolute atomic E-state index is 8.82. The third-order valence-corrected chi connectivity index (χ3v) is 3.95. The minimum atomic E-state index is -0.368. The summed E-state index contributed by atoms with van der Waals surface area (Å²) in [7, 11) is 0. The molecular weight excluding hydrogens is 403 g/mol. The first-order valence-electron chi connectivity index (χ1n) is 8.39. The number of benzene rings is 2. The zero-order valence-electron chi connectivity index (χ0n) is 15.0. The van der Waals surface area contributed by atoms with Crippen LogP contribution in [0.4, 0.5) is 0 Å². The molecule has 3 rings (SSSR count). The van der Waals surface area contributed by atoms with Crippen molar-refractivity contribution in [2.45, 2.75) is 25.5 Å². The molecule has 2 aromatic rings. The molecule has 2 atom stereocenters. The molecule has 0 saturated carbocycles. The molecule has 2 aromatic carbocycles. The second kappa shape index (κ2) is 12.3. The molecule has 3 N–H and O–H groups in total. The Morgan fingerprint density at radius 1 is 1.23 bits per heavy atom. The number of nitrogens with one attached hydrogen (secondary N) is 1. The number of hydrogen-bond acceptors (Lipinski definition) is 4. The Balaban J connectivity index is 0.000000366. The summed E-state index contributed by atoms with van der Waals surface area (Å²) in [5.41, 5.74) is 4.55. The molecule has 0 amide bonds. The molecule has 5 nitrogen and oxygen atoms in total. The SMILES string of the molecule is CC(O)CNCO.N#Cc1ccc(C2[N-]CCc3ccccc32)cc1.[Y]. The quantitative estimate of drug-likeness (QED) is 0.654. The van der Waals surface area contributed by atoms with Crippen LogP contribution >= 0.6 is 0 Å². The zero-order valence-corrected chi connectivity index (χ0v) is 17.8. The van der Waals surface area contributed by atoms with Crippen molar-refractivity contribution in [2.24, 2.45) is 0 Å². The van der Waals surface area contributed by atoms with Crippen molar-refractivity contribution >= 4 is 0 Å². The molecule has 0 aromatic heterocycles. The number of aliphatic hydroxyl groups is 2. The van der Waals surface area contributed by atoms with Crippen molar-refractivity contribution in [3.63, 3.8) is 0 Å². The predicted molar refractivity (Wildman–Crippen MR) is 98.1 cm³/mol. The van der Waals surface area contributed by atoms with Crippen LogP contribution in [0.2, 0.25) is 0 Å². The Bertz CT molecular complexity index is 699. The fourth-order valence-corrected chi connectivity index (χ4v) is 2.74. The summed E-state index contributed by atoms with van der Waals surface area (Å²) in [4.78, 5) is 0. The topological polar surface area (TPSA) is 90.4 Å². The van der Waals surface area contributed by atoms with Gasteiger partial charge >= 0.3 is 0 Å². The van der Waals surface area contributed by atoms with Gasteiger partial charge in [-0.15, -0.1) is 6.54 Å². The average molecular weight is 427 g/mol. The van der Waals surface area contributed by atoms with Gasteiger partial charge in [-0.25, -0.2) is 0 Å². The molecule has 1 radical (unpaired) electrons. The minimum absolute atomic E-state index is 0. The molecule has 1 heterocycles. The van der Waals surface area contributed by atoms with Crippen molar-refractivity contribution in [3.05, 3.63) is 76.1 Å². The summed E-state index contributed by atoms with van der Waals surface area (Å²) in [6, 6.07) is 18.5. The molecule has 1 aliphatic heterocycles. The maximum Gasteiger partial charge on any atom is 0.0991 e. The van der Waals surface area contributed by atoms with E-state index in [2.05, 4.69) is 35.7 Å². The van der Waals surface area contributed by atoms with Gasteiger partial charge in [0.1, 0.15) is 0 Å². The first kappa shape index (κ1) is 22.9. The minimum Gasteiger partial charge on any atom is -0.652 e. The Morgan fingerprint density at radius 3 is 2.50 bits per heavy atom. The number of nitriles is 1. The molecule has 1 aliphatic rings. The predicted octanol–water partition coefficient (Wildman–Crippen LogP) is 2.48.